The highest BCUT2D eigenvalue weighted by molar-refractivity contribution is 9.10. The van der Waals surface area contributed by atoms with Crippen LogP contribution in [0.5, 0.6) is 11.5 Å². The van der Waals surface area contributed by atoms with Gasteiger partial charge in [-0.1, -0.05) is 22.0 Å². The lowest BCUT2D eigenvalue weighted by Gasteiger charge is -2.11. The molecule has 2 aromatic rings. The van der Waals surface area contributed by atoms with Gasteiger partial charge in [-0.15, -0.1) is 0 Å². The highest BCUT2D eigenvalue weighted by atomic mass is 79.9. The van der Waals surface area contributed by atoms with E-state index >= 15 is 0 Å². The lowest BCUT2D eigenvalue weighted by molar-refractivity contribution is 0.477. The van der Waals surface area contributed by atoms with Crippen LogP contribution in [0, 0.1) is 18.3 Å². The Kier molecular flexibility index (Phi) is 3.54. The van der Waals surface area contributed by atoms with Gasteiger partial charge >= 0.3 is 0 Å². The number of nitrogens with two attached hydrogens (primary N) is 1. The largest absolute Gasteiger partial charge is 0.456 e. The van der Waals surface area contributed by atoms with Crippen LogP contribution >= 0.6 is 15.9 Å². The minimum Gasteiger partial charge on any atom is -0.456 e. The summed E-state index contributed by atoms with van der Waals surface area (Å²) >= 11 is 3.32. The first-order chi connectivity index (χ1) is 8.61. The summed E-state index contributed by atoms with van der Waals surface area (Å²) in [6.07, 6.45) is 0. The van der Waals surface area contributed by atoms with Gasteiger partial charge in [-0.05, 0) is 37.3 Å². The molecular formula is C14H11BrN2O. The number of benzene rings is 2. The summed E-state index contributed by atoms with van der Waals surface area (Å²) in [5.41, 5.74) is 7.83. The second-order valence-corrected chi connectivity index (χ2v) is 4.74. The number of nitriles is 1. The normalized spacial score (nSPS) is 9.83. The van der Waals surface area contributed by atoms with Gasteiger partial charge in [-0.2, -0.15) is 5.26 Å². The maximum atomic E-state index is 9.07. The molecule has 2 rings (SSSR count). The van der Waals surface area contributed by atoms with E-state index in [1.807, 2.05) is 31.2 Å². The lowest BCUT2D eigenvalue weighted by atomic mass is 10.2. The van der Waals surface area contributed by atoms with E-state index in [1.54, 1.807) is 12.1 Å². The Hall–Kier alpha value is -1.99. The molecule has 90 valence electrons. The van der Waals surface area contributed by atoms with E-state index in [2.05, 4.69) is 22.0 Å². The van der Waals surface area contributed by atoms with Gasteiger partial charge in [-0.25, -0.2) is 0 Å². The molecule has 0 aromatic heterocycles. The average molecular weight is 303 g/mol. The van der Waals surface area contributed by atoms with Crippen molar-refractivity contribution in [1.29, 1.82) is 5.26 Å². The van der Waals surface area contributed by atoms with Gasteiger partial charge in [0.15, 0.2) is 0 Å². The third-order valence-electron chi connectivity index (χ3n) is 2.61. The number of nitrogen functional groups attached to an aromatic ring is 1. The monoisotopic (exact) mass is 302 g/mol. The van der Waals surface area contributed by atoms with E-state index in [9.17, 15) is 0 Å². The van der Waals surface area contributed by atoms with Gasteiger partial charge in [0.2, 0.25) is 0 Å². The van der Waals surface area contributed by atoms with Crippen LogP contribution in [0.3, 0.4) is 0 Å². The molecule has 3 nitrogen and oxygen atoms in total. The Balaban J connectivity index is 2.41. The van der Waals surface area contributed by atoms with Crippen LogP contribution in [0.25, 0.3) is 0 Å². The number of rotatable bonds is 2. The first-order valence-electron chi connectivity index (χ1n) is 5.34. The quantitative estimate of drug-likeness (QED) is 0.853. The number of hydrogen-bond donors (Lipinski definition) is 1. The molecule has 0 amide bonds. The number of halogens is 1. The molecule has 0 radical (unpaired) electrons. The smallest absolute Gasteiger partial charge is 0.145 e. The molecule has 0 aliphatic carbocycles. The molecule has 2 N–H and O–H groups in total. The predicted octanol–water partition coefficient (Wildman–Crippen LogP) is 4.00. The zero-order valence-electron chi connectivity index (χ0n) is 9.77. The summed E-state index contributed by atoms with van der Waals surface area (Å²) in [5.74, 6) is 1.18. The van der Waals surface area contributed by atoms with Crippen LogP contribution in [0.15, 0.2) is 40.9 Å². The summed E-state index contributed by atoms with van der Waals surface area (Å²) < 4.78 is 6.59. The Morgan fingerprint density at radius 2 is 2.00 bits per heavy atom. The van der Waals surface area contributed by atoms with Crippen LogP contribution in [0.1, 0.15) is 11.1 Å². The van der Waals surface area contributed by atoms with E-state index in [0.29, 0.717) is 22.7 Å². The molecular weight excluding hydrogens is 292 g/mol. The number of ether oxygens (including phenoxy) is 1. The zero-order valence-corrected chi connectivity index (χ0v) is 11.4. The van der Waals surface area contributed by atoms with Crippen molar-refractivity contribution in [2.45, 2.75) is 6.92 Å². The van der Waals surface area contributed by atoms with Crippen LogP contribution in [-0.2, 0) is 0 Å². The molecule has 0 saturated heterocycles. The average Bonchev–Trinajstić information content (AvgIpc) is 2.37. The summed E-state index contributed by atoms with van der Waals surface area (Å²) in [7, 11) is 0. The molecule has 0 heterocycles. The summed E-state index contributed by atoms with van der Waals surface area (Å²) in [6.45, 7) is 1.88. The van der Waals surface area contributed by atoms with Crippen molar-refractivity contribution < 1.29 is 4.74 Å². The fourth-order valence-electron chi connectivity index (χ4n) is 1.54. The summed E-state index contributed by atoms with van der Waals surface area (Å²) in [6, 6.07) is 12.9. The summed E-state index contributed by atoms with van der Waals surface area (Å²) in [4.78, 5) is 0. The zero-order chi connectivity index (χ0) is 13.1. The van der Waals surface area contributed by atoms with Crippen molar-refractivity contribution in [2.75, 3.05) is 5.73 Å². The molecule has 0 spiro atoms. The van der Waals surface area contributed by atoms with E-state index in [1.165, 1.54) is 0 Å². The lowest BCUT2D eigenvalue weighted by Crippen LogP contribution is -1.94. The third-order valence-corrected chi connectivity index (χ3v) is 3.10. The highest BCUT2D eigenvalue weighted by Crippen LogP contribution is 2.31. The first kappa shape index (κ1) is 12.5. The minimum atomic E-state index is 0.478. The second kappa shape index (κ2) is 5.11. The second-order valence-electron chi connectivity index (χ2n) is 3.82. The van der Waals surface area contributed by atoms with Crippen molar-refractivity contribution in [3.05, 3.63) is 52.0 Å². The molecule has 0 unspecified atom stereocenters. The Labute approximate surface area is 114 Å². The molecule has 0 aliphatic rings. The third kappa shape index (κ3) is 2.47. The topological polar surface area (TPSA) is 59.0 Å². The fourth-order valence-corrected chi connectivity index (χ4v) is 1.90. The predicted molar refractivity (Wildman–Crippen MR) is 74.5 cm³/mol. The van der Waals surface area contributed by atoms with E-state index in [4.69, 9.17) is 15.7 Å². The molecule has 0 fully saturated rings. The Morgan fingerprint density at radius 1 is 1.22 bits per heavy atom. The Morgan fingerprint density at radius 3 is 2.72 bits per heavy atom. The standard InChI is InChI=1S/C14H11BrN2O/c1-9-12(17)3-2-4-13(9)18-14-6-5-11(15)7-10(14)8-16/h2-7H,17H2,1H3. The number of anilines is 1. The molecule has 0 saturated carbocycles. The van der Waals surface area contributed by atoms with Crippen LogP contribution in [-0.4, -0.2) is 0 Å². The van der Waals surface area contributed by atoms with Gasteiger partial charge in [0.1, 0.15) is 17.6 Å². The van der Waals surface area contributed by atoms with Crippen molar-refractivity contribution in [2.24, 2.45) is 0 Å². The van der Waals surface area contributed by atoms with Crippen molar-refractivity contribution in [1.82, 2.24) is 0 Å². The molecule has 0 bridgehead atoms. The first-order valence-corrected chi connectivity index (χ1v) is 6.13. The molecule has 0 atom stereocenters. The molecule has 18 heavy (non-hydrogen) atoms. The van der Waals surface area contributed by atoms with Crippen LogP contribution in [0.4, 0.5) is 5.69 Å². The van der Waals surface area contributed by atoms with Gasteiger partial charge in [0.05, 0.1) is 5.56 Å². The molecule has 0 aliphatic heterocycles. The summed E-state index contributed by atoms with van der Waals surface area (Å²) in [5, 5.41) is 9.07. The molecule has 2 aromatic carbocycles. The van der Waals surface area contributed by atoms with Crippen molar-refractivity contribution >= 4 is 21.6 Å². The Bertz CT molecular complexity index is 632. The maximum Gasteiger partial charge on any atom is 0.145 e. The molecule has 4 heteroatoms. The van der Waals surface area contributed by atoms with E-state index in [-0.39, 0.29) is 0 Å². The van der Waals surface area contributed by atoms with Crippen molar-refractivity contribution in [3.8, 4) is 17.6 Å². The highest BCUT2D eigenvalue weighted by Gasteiger charge is 2.08. The number of hydrogen-bond acceptors (Lipinski definition) is 3. The maximum absolute atomic E-state index is 9.07. The fraction of sp³-hybridized carbons (Fsp3) is 0.0714. The van der Waals surface area contributed by atoms with Gasteiger partial charge in [0, 0.05) is 15.7 Å². The minimum absolute atomic E-state index is 0.478. The van der Waals surface area contributed by atoms with E-state index < -0.39 is 0 Å². The van der Waals surface area contributed by atoms with E-state index in [0.717, 1.165) is 10.0 Å². The number of nitrogens with zero attached hydrogens (tertiary/aromatic N) is 1. The van der Waals surface area contributed by atoms with Gasteiger partial charge in [-0.3, -0.25) is 0 Å². The van der Waals surface area contributed by atoms with Crippen LogP contribution < -0.4 is 10.5 Å². The van der Waals surface area contributed by atoms with Crippen molar-refractivity contribution in [3.63, 3.8) is 0 Å². The van der Waals surface area contributed by atoms with Crippen LogP contribution in [0.2, 0.25) is 0 Å². The van der Waals surface area contributed by atoms with Gasteiger partial charge in [0.25, 0.3) is 0 Å². The van der Waals surface area contributed by atoms with Gasteiger partial charge < -0.3 is 10.5 Å². The SMILES string of the molecule is Cc1c(N)cccc1Oc1ccc(Br)cc1C#N.